The molecule has 0 bridgehead atoms. The van der Waals surface area contributed by atoms with E-state index in [0.29, 0.717) is 11.3 Å². The lowest BCUT2D eigenvalue weighted by atomic mass is 10.00. The van der Waals surface area contributed by atoms with Gasteiger partial charge in [-0.25, -0.2) is 4.39 Å². The Balaban J connectivity index is 2.10. The fourth-order valence-corrected chi connectivity index (χ4v) is 1.85. The number of nitro groups is 1. The van der Waals surface area contributed by atoms with Gasteiger partial charge in [-0.15, -0.1) is 0 Å². The number of hydrogen-bond donors (Lipinski definition) is 1. The summed E-state index contributed by atoms with van der Waals surface area (Å²) in [4.78, 5) is 22.2. The van der Waals surface area contributed by atoms with Crippen LogP contribution in [0.1, 0.15) is 18.4 Å². The molecule has 5 nitrogen and oxygen atoms in total. The predicted octanol–water partition coefficient (Wildman–Crippen LogP) is 3.48. The Morgan fingerprint density at radius 2 is 1.90 bits per heavy atom. The molecular formula is C15H13FN2O3. The molecule has 0 aliphatic rings. The number of amides is 1. The van der Waals surface area contributed by atoms with Crippen LogP contribution in [0, 0.1) is 15.9 Å². The summed E-state index contributed by atoms with van der Waals surface area (Å²) in [6.45, 7) is 1.68. The summed E-state index contributed by atoms with van der Waals surface area (Å²) in [7, 11) is 0. The van der Waals surface area contributed by atoms with Crippen molar-refractivity contribution in [1.82, 2.24) is 0 Å². The number of halogens is 1. The van der Waals surface area contributed by atoms with Crippen molar-refractivity contribution in [2.24, 2.45) is 0 Å². The van der Waals surface area contributed by atoms with Gasteiger partial charge >= 0.3 is 0 Å². The van der Waals surface area contributed by atoms with E-state index in [2.05, 4.69) is 5.32 Å². The van der Waals surface area contributed by atoms with Gasteiger partial charge in [0.25, 0.3) is 5.69 Å². The Kier molecular flexibility index (Phi) is 4.27. The summed E-state index contributed by atoms with van der Waals surface area (Å²) in [5, 5.41) is 13.2. The van der Waals surface area contributed by atoms with E-state index in [9.17, 15) is 19.3 Å². The van der Waals surface area contributed by atoms with Crippen LogP contribution in [0.4, 0.5) is 15.8 Å². The van der Waals surface area contributed by atoms with Crippen LogP contribution in [0.15, 0.2) is 48.5 Å². The Labute approximate surface area is 120 Å². The van der Waals surface area contributed by atoms with E-state index in [1.54, 1.807) is 13.0 Å². The quantitative estimate of drug-likeness (QED) is 0.691. The van der Waals surface area contributed by atoms with Gasteiger partial charge < -0.3 is 5.32 Å². The predicted molar refractivity (Wildman–Crippen MR) is 76.5 cm³/mol. The number of nitrogens with one attached hydrogen (secondary N) is 1. The second-order valence-corrected chi connectivity index (χ2v) is 4.57. The third-order valence-corrected chi connectivity index (χ3v) is 3.09. The van der Waals surface area contributed by atoms with Gasteiger partial charge in [-0.1, -0.05) is 18.2 Å². The highest BCUT2D eigenvalue weighted by Gasteiger charge is 2.16. The molecule has 0 aliphatic heterocycles. The number of nitro benzene ring substituents is 1. The smallest absolute Gasteiger partial charge is 0.269 e. The van der Waals surface area contributed by atoms with Crippen molar-refractivity contribution in [1.29, 1.82) is 0 Å². The molecule has 0 spiro atoms. The molecule has 0 fully saturated rings. The summed E-state index contributed by atoms with van der Waals surface area (Å²) in [5.41, 5.74) is 0.986. The maximum atomic E-state index is 13.0. The first-order valence-corrected chi connectivity index (χ1v) is 6.28. The first-order valence-electron chi connectivity index (χ1n) is 6.28. The molecule has 2 aromatic rings. The van der Waals surface area contributed by atoms with Crippen LogP contribution in [0.25, 0.3) is 0 Å². The average Bonchev–Trinajstić information content (AvgIpc) is 2.46. The summed E-state index contributed by atoms with van der Waals surface area (Å²) < 4.78 is 13.0. The van der Waals surface area contributed by atoms with E-state index in [0.717, 1.165) is 0 Å². The van der Waals surface area contributed by atoms with Crippen LogP contribution < -0.4 is 5.32 Å². The lowest BCUT2D eigenvalue weighted by Gasteiger charge is -2.12. The van der Waals surface area contributed by atoms with E-state index < -0.39 is 16.7 Å². The van der Waals surface area contributed by atoms with Crippen LogP contribution >= 0.6 is 0 Å². The number of carbonyl (C=O) groups excluding carboxylic acids is 1. The Morgan fingerprint density at radius 3 is 2.48 bits per heavy atom. The van der Waals surface area contributed by atoms with Crippen LogP contribution in [-0.2, 0) is 4.79 Å². The van der Waals surface area contributed by atoms with Crippen molar-refractivity contribution in [3.63, 3.8) is 0 Å². The van der Waals surface area contributed by atoms with E-state index in [1.807, 2.05) is 0 Å². The van der Waals surface area contributed by atoms with Crippen molar-refractivity contribution in [2.45, 2.75) is 12.8 Å². The van der Waals surface area contributed by atoms with Gasteiger partial charge in [0.1, 0.15) is 5.82 Å². The molecule has 21 heavy (non-hydrogen) atoms. The topological polar surface area (TPSA) is 72.2 Å². The standard InChI is InChI=1S/C15H13FN2O3/c1-10(11-5-7-14(8-6-11)18(20)21)15(19)17-13-4-2-3-12(16)9-13/h2-10H,1H3,(H,17,19)/t10-/m1/s1. The minimum Gasteiger partial charge on any atom is -0.325 e. The SMILES string of the molecule is C[C@@H](C(=O)Nc1cccc(F)c1)c1ccc([N+](=O)[O-])cc1. The van der Waals surface area contributed by atoms with Crippen LogP contribution in [-0.4, -0.2) is 10.8 Å². The molecule has 6 heteroatoms. The van der Waals surface area contributed by atoms with E-state index in [1.165, 1.54) is 42.5 Å². The number of anilines is 1. The Bertz CT molecular complexity index is 671. The minimum atomic E-state index is -0.505. The van der Waals surface area contributed by atoms with Crippen LogP contribution in [0.3, 0.4) is 0 Å². The van der Waals surface area contributed by atoms with Gasteiger partial charge in [0.2, 0.25) is 5.91 Å². The number of benzene rings is 2. The minimum absolute atomic E-state index is 0.0310. The zero-order valence-corrected chi connectivity index (χ0v) is 11.2. The van der Waals surface area contributed by atoms with Gasteiger partial charge in [-0.05, 0) is 30.7 Å². The summed E-state index contributed by atoms with van der Waals surface area (Å²) in [5.74, 6) is -1.25. The van der Waals surface area contributed by atoms with E-state index in [-0.39, 0.29) is 11.6 Å². The zero-order chi connectivity index (χ0) is 15.4. The molecular weight excluding hydrogens is 275 g/mol. The highest BCUT2D eigenvalue weighted by atomic mass is 19.1. The maximum Gasteiger partial charge on any atom is 0.269 e. The maximum absolute atomic E-state index is 13.0. The molecule has 2 aromatic carbocycles. The summed E-state index contributed by atoms with van der Waals surface area (Å²) >= 11 is 0. The zero-order valence-electron chi connectivity index (χ0n) is 11.2. The molecule has 0 saturated carbocycles. The summed E-state index contributed by atoms with van der Waals surface area (Å²) in [6, 6.07) is 11.4. The second-order valence-electron chi connectivity index (χ2n) is 4.57. The normalized spacial score (nSPS) is 11.7. The summed E-state index contributed by atoms with van der Waals surface area (Å²) in [6.07, 6.45) is 0. The molecule has 0 aromatic heterocycles. The molecule has 0 saturated heterocycles. The Morgan fingerprint density at radius 1 is 1.24 bits per heavy atom. The number of rotatable bonds is 4. The van der Waals surface area contributed by atoms with Gasteiger partial charge in [0.15, 0.2) is 0 Å². The first kappa shape index (κ1) is 14.6. The molecule has 0 aliphatic carbocycles. The van der Waals surface area contributed by atoms with Crippen molar-refractivity contribution >= 4 is 17.3 Å². The van der Waals surface area contributed by atoms with Crippen molar-refractivity contribution < 1.29 is 14.1 Å². The lowest BCUT2D eigenvalue weighted by Crippen LogP contribution is -2.18. The number of hydrogen-bond acceptors (Lipinski definition) is 3. The first-order chi connectivity index (χ1) is 9.97. The monoisotopic (exact) mass is 288 g/mol. The lowest BCUT2D eigenvalue weighted by molar-refractivity contribution is -0.384. The van der Waals surface area contributed by atoms with Gasteiger partial charge in [0, 0.05) is 17.8 Å². The third-order valence-electron chi connectivity index (χ3n) is 3.09. The van der Waals surface area contributed by atoms with Gasteiger partial charge in [-0.2, -0.15) is 0 Å². The highest BCUT2D eigenvalue weighted by molar-refractivity contribution is 5.95. The average molecular weight is 288 g/mol. The van der Waals surface area contributed by atoms with Crippen molar-refractivity contribution in [2.75, 3.05) is 5.32 Å². The largest absolute Gasteiger partial charge is 0.325 e. The number of non-ortho nitro benzene ring substituents is 1. The van der Waals surface area contributed by atoms with Gasteiger partial charge in [-0.3, -0.25) is 14.9 Å². The third kappa shape index (κ3) is 3.62. The molecule has 0 unspecified atom stereocenters. The fourth-order valence-electron chi connectivity index (χ4n) is 1.85. The van der Waals surface area contributed by atoms with Crippen molar-refractivity contribution in [3.05, 3.63) is 70.0 Å². The fraction of sp³-hybridized carbons (Fsp3) is 0.133. The molecule has 1 atom stereocenters. The van der Waals surface area contributed by atoms with E-state index in [4.69, 9.17) is 0 Å². The molecule has 0 radical (unpaired) electrons. The highest BCUT2D eigenvalue weighted by Crippen LogP contribution is 2.21. The van der Waals surface area contributed by atoms with E-state index >= 15 is 0 Å². The van der Waals surface area contributed by atoms with Crippen molar-refractivity contribution in [3.8, 4) is 0 Å². The Hall–Kier alpha value is -2.76. The second kappa shape index (κ2) is 6.13. The van der Waals surface area contributed by atoms with Crippen LogP contribution in [0.5, 0.6) is 0 Å². The molecule has 0 heterocycles. The molecule has 2 rings (SSSR count). The molecule has 1 amide bonds. The number of carbonyl (C=O) groups is 1. The molecule has 1 N–H and O–H groups in total. The van der Waals surface area contributed by atoms with Gasteiger partial charge in [0.05, 0.1) is 10.8 Å². The molecule has 108 valence electrons. The number of nitrogens with zero attached hydrogens (tertiary/aromatic N) is 1. The van der Waals surface area contributed by atoms with Crippen LogP contribution in [0.2, 0.25) is 0 Å².